The van der Waals surface area contributed by atoms with E-state index >= 15 is 0 Å². The molecule has 4 aromatic carbocycles. The summed E-state index contributed by atoms with van der Waals surface area (Å²) in [7, 11) is 0. The average Bonchev–Trinajstić information content (AvgIpc) is 3.33. The van der Waals surface area contributed by atoms with E-state index in [4.69, 9.17) is 28.4 Å². The summed E-state index contributed by atoms with van der Waals surface area (Å²) in [5, 5.41) is 0. The Morgan fingerprint density at radius 2 is 0.545 bits per heavy atom. The molecule has 0 saturated carbocycles. The van der Waals surface area contributed by atoms with Gasteiger partial charge in [0.2, 0.25) is 0 Å². The molecule has 0 aliphatic rings. The number of rotatable bonds is 37. The molecule has 0 unspecified atom stereocenters. The van der Waals surface area contributed by atoms with Crippen LogP contribution in [0.4, 0.5) is 0 Å². The van der Waals surface area contributed by atoms with E-state index in [0.717, 1.165) is 62.5 Å². The molecule has 362 valence electrons. The van der Waals surface area contributed by atoms with E-state index < -0.39 is 11.9 Å². The second kappa shape index (κ2) is 33.5. The molecule has 0 aromatic heterocycles. The highest BCUT2D eigenvalue weighted by Gasteiger charge is 2.16. The molecule has 0 spiro atoms. The molecule has 0 radical (unpaired) electrons. The van der Waals surface area contributed by atoms with Gasteiger partial charge in [0.15, 0.2) is 0 Å². The lowest BCUT2D eigenvalue weighted by Crippen LogP contribution is -2.10. The van der Waals surface area contributed by atoms with E-state index in [9.17, 15) is 9.59 Å². The molecule has 4 aromatic rings. The fourth-order valence-electron chi connectivity index (χ4n) is 7.76. The number of esters is 2. The molecule has 8 heteroatoms. The minimum absolute atomic E-state index is 0.381. The summed E-state index contributed by atoms with van der Waals surface area (Å²) in [6, 6.07) is 25.5. The van der Waals surface area contributed by atoms with Gasteiger partial charge in [-0.2, -0.15) is 0 Å². The quantitative estimate of drug-likeness (QED) is 0.0251. The third-order valence-corrected chi connectivity index (χ3v) is 11.8. The van der Waals surface area contributed by atoms with Crippen LogP contribution in [0.15, 0.2) is 84.9 Å². The molecule has 0 N–H and O–H groups in total. The molecule has 0 aliphatic heterocycles. The Kier molecular flexibility index (Phi) is 27.2. The molecule has 66 heavy (non-hydrogen) atoms. The van der Waals surface area contributed by atoms with Crippen LogP contribution in [0, 0.1) is 0 Å². The SMILES string of the molecule is CCCCCCCCOc1cc(OCCCCCCCC)cc(C(=O)Oc2ccc(-c3ccc(OC(=O)c4cc(OCCCCCCCC)cc(OCCCCCCCC)c4)cc3)cc2)c1. The third kappa shape index (κ3) is 22.0. The highest BCUT2D eigenvalue weighted by Crippen LogP contribution is 2.29. The van der Waals surface area contributed by atoms with Gasteiger partial charge in [0, 0.05) is 12.1 Å². The van der Waals surface area contributed by atoms with Crippen LogP contribution in [0.25, 0.3) is 11.1 Å². The van der Waals surface area contributed by atoms with E-state index in [1.807, 2.05) is 36.4 Å². The molecule has 8 nitrogen and oxygen atoms in total. The molecule has 0 saturated heterocycles. The highest BCUT2D eigenvalue weighted by atomic mass is 16.5. The molecular weight excluding hydrogens is 825 g/mol. The van der Waals surface area contributed by atoms with E-state index in [-0.39, 0.29) is 0 Å². The normalized spacial score (nSPS) is 11.0. The zero-order chi connectivity index (χ0) is 46.9. The zero-order valence-electron chi connectivity index (χ0n) is 41.1. The van der Waals surface area contributed by atoms with Crippen LogP contribution < -0.4 is 28.4 Å². The van der Waals surface area contributed by atoms with Crippen LogP contribution in [0.5, 0.6) is 34.5 Å². The monoisotopic (exact) mass is 907 g/mol. The first-order valence-electron chi connectivity index (χ1n) is 25.9. The molecule has 4 rings (SSSR count). The summed E-state index contributed by atoms with van der Waals surface area (Å²) in [5.41, 5.74) is 2.61. The van der Waals surface area contributed by atoms with Gasteiger partial charge in [-0.15, -0.1) is 0 Å². The molecule has 0 aliphatic carbocycles. The van der Waals surface area contributed by atoms with Gasteiger partial charge >= 0.3 is 11.9 Å². The molecule has 0 bridgehead atoms. The zero-order valence-corrected chi connectivity index (χ0v) is 41.1. The van der Waals surface area contributed by atoms with Gasteiger partial charge in [-0.05, 0) is 85.3 Å². The number of carbonyl (C=O) groups excluding carboxylic acids is 2. The number of hydrogen-bond acceptors (Lipinski definition) is 8. The fourth-order valence-corrected chi connectivity index (χ4v) is 7.76. The Hall–Kier alpha value is -4.98. The Balaban J connectivity index is 1.35. The molecule has 0 heterocycles. The van der Waals surface area contributed by atoms with Crippen molar-refractivity contribution in [1.29, 1.82) is 0 Å². The van der Waals surface area contributed by atoms with E-state index in [1.54, 1.807) is 48.5 Å². The van der Waals surface area contributed by atoms with Gasteiger partial charge in [0.25, 0.3) is 0 Å². The number of hydrogen-bond donors (Lipinski definition) is 0. The van der Waals surface area contributed by atoms with Crippen LogP contribution >= 0.6 is 0 Å². The van der Waals surface area contributed by atoms with Crippen molar-refractivity contribution >= 4 is 11.9 Å². The molecule has 0 amide bonds. The van der Waals surface area contributed by atoms with E-state index in [2.05, 4.69) is 27.7 Å². The smallest absolute Gasteiger partial charge is 0.343 e. The standard InChI is InChI=1S/C58H82O8/c1-5-9-13-17-21-25-37-61-53-41-49(42-54(45-53)62-38-26-22-18-14-10-6-2)57(59)65-51-33-29-47(30-34-51)48-31-35-52(36-32-48)66-58(60)50-43-55(63-39-27-23-19-15-11-7-3)46-56(44-50)64-40-28-24-20-16-12-8-4/h29-36,41-46H,5-28,37-40H2,1-4H3. The third-order valence-electron chi connectivity index (χ3n) is 11.8. The first-order valence-corrected chi connectivity index (χ1v) is 25.9. The topological polar surface area (TPSA) is 89.5 Å². The number of benzene rings is 4. The first-order chi connectivity index (χ1) is 32.4. The van der Waals surface area contributed by atoms with Crippen LogP contribution in [-0.2, 0) is 0 Å². The van der Waals surface area contributed by atoms with Crippen LogP contribution in [0.2, 0.25) is 0 Å². The maximum atomic E-state index is 13.5. The first kappa shape index (κ1) is 53.6. The molecule has 0 fully saturated rings. The second-order valence-electron chi connectivity index (χ2n) is 17.7. The van der Waals surface area contributed by atoms with Crippen LogP contribution in [0.1, 0.15) is 203 Å². The lowest BCUT2D eigenvalue weighted by Gasteiger charge is -2.13. The van der Waals surface area contributed by atoms with Crippen molar-refractivity contribution in [2.45, 2.75) is 182 Å². The summed E-state index contributed by atoms with van der Waals surface area (Å²) in [6.07, 6.45) is 28.1. The number of carbonyl (C=O) groups is 2. The average molecular weight is 907 g/mol. The summed E-state index contributed by atoms with van der Waals surface area (Å²) in [5.74, 6) is 2.34. The maximum Gasteiger partial charge on any atom is 0.343 e. The summed E-state index contributed by atoms with van der Waals surface area (Å²) >= 11 is 0. The van der Waals surface area contributed by atoms with Crippen molar-refractivity contribution in [2.75, 3.05) is 26.4 Å². The number of ether oxygens (including phenoxy) is 6. The van der Waals surface area contributed by atoms with Crippen LogP contribution in [0.3, 0.4) is 0 Å². The van der Waals surface area contributed by atoms with Gasteiger partial charge in [0.05, 0.1) is 37.6 Å². The van der Waals surface area contributed by atoms with Crippen molar-refractivity contribution in [3.05, 3.63) is 96.1 Å². The van der Waals surface area contributed by atoms with Gasteiger partial charge < -0.3 is 28.4 Å². The van der Waals surface area contributed by atoms with Gasteiger partial charge in [-0.1, -0.05) is 180 Å². The van der Waals surface area contributed by atoms with Crippen molar-refractivity contribution in [2.24, 2.45) is 0 Å². The minimum Gasteiger partial charge on any atom is -0.493 e. The minimum atomic E-state index is -0.477. The van der Waals surface area contributed by atoms with E-state index in [0.29, 0.717) is 72.1 Å². The van der Waals surface area contributed by atoms with Gasteiger partial charge in [-0.25, -0.2) is 9.59 Å². The molecular formula is C58H82O8. The van der Waals surface area contributed by atoms with Crippen molar-refractivity contribution < 1.29 is 38.0 Å². The second-order valence-corrected chi connectivity index (χ2v) is 17.7. The maximum absolute atomic E-state index is 13.5. The molecule has 0 atom stereocenters. The summed E-state index contributed by atoms with van der Waals surface area (Å²) in [4.78, 5) is 27.0. The van der Waals surface area contributed by atoms with Crippen molar-refractivity contribution in [3.8, 4) is 45.6 Å². The lowest BCUT2D eigenvalue weighted by atomic mass is 10.1. The van der Waals surface area contributed by atoms with Gasteiger partial charge in [0.1, 0.15) is 34.5 Å². The van der Waals surface area contributed by atoms with Gasteiger partial charge in [-0.3, -0.25) is 0 Å². The lowest BCUT2D eigenvalue weighted by molar-refractivity contribution is 0.0724. The Morgan fingerprint density at radius 3 is 0.803 bits per heavy atom. The number of unbranched alkanes of at least 4 members (excludes halogenated alkanes) is 20. The van der Waals surface area contributed by atoms with Crippen molar-refractivity contribution in [3.63, 3.8) is 0 Å². The Bertz CT molecular complexity index is 1690. The van der Waals surface area contributed by atoms with Crippen LogP contribution in [-0.4, -0.2) is 38.4 Å². The highest BCUT2D eigenvalue weighted by molar-refractivity contribution is 5.93. The Morgan fingerprint density at radius 1 is 0.303 bits per heavy atom. The predicted octanol–water partition coefficient (Wildman–Crippen LogP) is 16.7. The largest absolute Gasteiger partial charge is 0.493 e. The summed E-state index contributed by atoms with van der Waals surface area (Å²) in [6.45, 7) is 11.2. The Labute approximate surface area is 398 Å². The summed E-state index contributed by atoms with van der Waals surface area (Å²) < 4.78 is 36.2. The fraction of sp³-hybridized carbons (Fsp3) is 0.552. The van der Waals surface area contributed by atoms with E-state index in [1.165, 1.54) is 103 Å². The van der Waals surface area contributed by atoms with Crippen molar-refractivity contribution in [1.82, 2.24) is 0 Å². The predicted molar refractivity (Wildman–Crippen MR) is 270 cm³/mol.